The van der Waals surface area contributed by atoms with Crippen molar-refractivity contribution in [3.8, 4) is 0 Å². The third kappa shape index (κ3) is 5.78. The van der Waals surface area contributed by atoms with E-state index in [1.807, 2.05) is 13.8 Å². The molecule has 1 unspecified atom stereocenters. The van der Waals surface area contributed by atoms with Crippen molar-refractivity contribution in [1.82, 2.24) is 4.90 Å². The van der Waals surface area contributed by atoms with Crippen molar-refractivity contribution in [3.63, 3.8) is 0 Å². The molecule has 0 saturated carbocycles. The van der Waals surface area contributed by atoms with E-state index in [1.54, 1.807) is 0 Å². The highest BCUT2D eigenvalue weighted by molar-refractivity contribution is 5.85. The minimum atomic E-state index is -0.220. The normalized spacial score (nSPS) is 21.3. The molecule has 1 saturated heterocycles. The first-order valence-corrected chi connectivity index (χ1v) is 7.24. The lowest BCUT2D eigenvalue weighted by molar-refractivity contribution is 0.0806. The fourth-order valence-electron chi connectivity index (χ4n) is 2.44. The van der Waals surface area contributed by atoms with Crippen LogP contribution in [0.25, 0.3) is 0 Å². The summed E-state index contributed by atoms with van der Waals surface area (Å²) < 4.78 is 5.63. The molecule has 19 heavy (non-hydrogen) atoms. The second-order valence-electron chi connectivity index (χ2n) is 6.22. The molecule has 0 aromatic rings. The Morgan fingerprint density at radius 1 is 1.47 bits per heavy atom. The zero-order chi connectivity index (χ0) is 14.3. The summed E-state index contributed by atoms with van der Waals surface area (Å²) >= 11 is 0. The summed E-state index contributed by atoms with van der Waals surface area (Å²) in [4.78, 5) is 2.34. The molecule has 5 heteroatoms. The molecule has 1 rings (SSSR count). The van der Waals surface area contributed by atoms with Gasteiger partial charge >= 0.3 is 0 Å². The maximum atomic E-state index is 8.72. The van der Waals surface area contributed by atoms with Crippen molar-refractivity contribution < 1.29 is 9.94 Å². The quantitative estimate of drug-likeness (QED) is 0.233. The Balaban J connectivity index is 2.12. The maximum absolute atomic E-state index is 8.72. The third-order valence-corrected chi connectivity index (χ3v) is 3.93. The molecule has 0 aromatic heterocycles. The van der Waals surface area contributed by atoms with Gasteiger partial charge in [0.25, 0.3) is 0 Å². The Labute approximate surface area is 116 Å². The van der Waals surface area contributed by atoms with Crippen LogP contribution in [0.1, 0.15) is 46.0 Å². The van der Waals surface area contributed by atoms with Crippen LogP contribution in [-0.2, 0) is 4.74 Å². The lowest BCUT2D eigenvalue weighted by Gasteiger charge is -2.24. The van der Waals surface area contributed by atoms with Gasteiger partial charge in [0.05, 0.1) is 6.10 Å². The average Bonchev–Trinajstić information content (AvgIpc) is 2.86. The van der Waals surface area contributed by atoms with Crippen LogP contribution in [0.4, 0.5) is 0 Å². The molecular formula is C14H29N3O2. The van der Waals surface area contributed by atoms with Gasteiger partial charge in [-0.05, 0) is 39.3 Å². The molecule has 3 N–H and O–H groups in total. The zero-order valence-electron chi connectivity index (χ0n) is 12.6. The number of nitrogens with two attached hydrogens (primary N) is 1. The van der Waals surface area contributed by atoms with Crippen LogP contribution in [0.15, 0.2) is 5.16 Å². The molecule has 1 fully saturated rings. The molecule has 0 bridgehead atoms. The molecule has 1 atom stereocenters. The molecule has 0 radical (unpaired) electrons. The molecule has 0 amide bonds. The van der Waals surface area contributed by atoms with Crippen LogP contribution >= 0.6 is 0 Å². The number of hydrogen-bond donors (Lipinski definition) is 2. The molecule has 0 spiro atoms. The van der Waals surface area contributed by atoms with Crippen molar-refractivity contribution in [3.05, 3.63) is 0 Å². The second kappa shape index (κ2) is 7.70. The number of oxime groups is 1. The number of unbranched alkanes of at least 4 members (excludes halogenated alkanes) is 1. The summed E-state index contributed by atoms with van der Waals surface area (Å²) in [5.41, 5.74) is 5.45. The number of nitrogens with zero attached hydrogens (tertiary/aromatic N) is 2. The summed E-state index contributed by atoms with van der Waals surface area (Å²) in [5.74, 6) is 0.320. The second-order valence-corrected chi connectivity index (χ2v) is 6.22. The largest absolute Gasteiger partial charge is 0.409 e. The molecule has 5 nitrogen and oxygen atoms in total. The minimum absolute atomic E-state index is 0.220. The first kappa shape index (κ1) is 16.2. The van der Waals surface area contributed by atoms with Crippen molar-refractivity contribution in [2.24, 2.45) is 16.3 Å². The van der Waals surface area contributed by atoms with E-state index in [4.69, 9.17) is 15.7 Å². The fourth-order valence-corrected chi connectivity index (χ4v) is 2.44. The van der Waals surface area contributed by atoms with Crippen LogP contribution in [-0.4, -0.2) is 48.8 Å². The Hall–Kier alpha value is -0.810. The monoisotopic (exact) mass is 271 g/mol. The van der Waals surface area contributed by atoms with Crippen molar-refractivity contribution in [1.29, 1.82) is 0 Å². The third-order valence-electron chi connectivity index (χ3n) is 3.93. The summed E-state index contributed by atoms with van der Waals surface area (Å²) in [5, 5.41) is 11.8. The van der Waals surface area contributed by atoms with Gasteiger partial charge in [0.2, 0.25) is 0 Å². The number of likely N-dealkylation sites (N-methyl/N-ethyl adjacent to an activating group) is 1. The van der Waals surface area contributed by atoms with Crippen LogP contribution in [0.5, 0.6) is 0 Å². The zero-order valence-corrected chi connectivity index (χ0v) is 12.6. The first-order chi connectivity index (χ1) is 8.95. The van der Waals surface area contributed by atoms with Crippen LogP contribution in [0.2, 0.25) is 0 Å². The van der Waals surface area contributed by atoms with Gasteiger partial charge < -0.3 is 20.6 Å². The summed E-state index contributed by atoms with van der Waals surface area (Å²) in [7, 11) is 2.15. The Morgan fingerprint density at radius 3 is 2.79 bits per heavy atom. The summed E-state index contributed by atoms with van der Waals surface area (Å²) in [6.45, 7) is 7.05. The van der Waals surface area contributed by atoms with E-state index >= 15 is 0 Å². The molecule has 0 aromatic carbocycles. The SMILES string of the molecule is CN(CCCCC(C)(C)C(N)=NO)CC1CCCO1. The standard InChI is InChI=1S/C14H29N3O2/c1-14(2,13(15)16-18)8-4-5-9-17(3)11-12-7-6-10-19-12/h12,18H,4-11H2,1-3H3,(H2,15,16). The van der Waals surface area contributed by atoms with Gasteiger partial charge in [-0.2, -0.15) is 0 Å². The maximum Gasteiger partial charge on any atom is 0.144 e. The highest BCUT2D eigenvalue weighted by atomic mass is 16.5. The van der Waals surface area contributed by atoms with E-state index in [9.17, 15) is 0 Å². The molecule has 1 heterocycles. The van der Waals surface area contributed by atoms with E-state index in [1.165, 1.54) is 12.8 Å². The number of hydrogen-bond acceptors (Lipinski definition) is 4. The number of ether oxygens (including phenoxy) is 1. The van der Waals surface area contributed by atoms with Crippen molar-refractivity contribution in [2.75, 3.05) is 26.7 Å². The smallest absolute Gasteiger partial charge is 0.144 e. The van der Waals surface area contributed by atoms with E-state index in [0.717, 1.165) is 39.0 Å². The summed E-state index contributed by atoms with van der Waals surface area (Å²) in [6.07, 6.45) is 5.98. The van der Waals surface area contributed by atoms with E-state index < -0.39 is 0 Å². The Bertz CT molecular complexity index is 286. The number of amidine groups is 1. The van der Waals surface area contributed by atoms with E-state index in [0.29, 0.717) is 11.9 Å². The van der Waals surface area contributed by atoms with Gasteiger partial charge in [0.15, 0.2) is 0 Å². The minimum Gasteiger partial charge on any atom is -0.409 e. The molecule has 1 aliphatic rings. The highest BCUT2D eigenvalue weighted by Gasteiger charge is 2.23. The van der Waals surface area contributed by atoms with Gasteiger partial charge in [-0.25, -0.2) is 0 Å². The van der Waals surface area contributed by atoms with E-state index in [-0.39, 0.29) is 5.41 Å². The molecule has 112 valence electrons. The molecule has 1 aliphatic heterocycles. The molecular weight excluding hydrogens is 242 g/mol. The van der Waals surface area contributed by atoms with Gasteiger partial charge in [-0.15, -0.1) is 0 Å². The van der Waals surface area contributed by atoms with Crippen LogP contribution in [0.3, 0.4) is 0 Å². The van der Waals surface area contributed by atoms with Crippen LogP contribution < -0.4 is 5.73 Å². The Morgan fingerprint density at radius 2 is 2.21 bits per heavy atom. The van der Waals surface area contributed by atoms with Crippen LogP contribution in [0, 0.1) is 5.41 Å². The lowest BCUT2D eigenvalue weighted by atomic mass is 9.86. The predicted molar refractivity (Wildman–Crippen MR) is 77.5 cm³/mol. The topological polar surface area (TPSA) is 71.1 Å². The molecule has 0 aliphatic carbocycles. The van der Waals surface area contributed by atoms with Gasteiger partial charge in [-0.3, -0.25) is 0 Å². The lowest BCUT2D eigenvalue weighted by Crippen LogP contribution is -2.32. The average molecular weight is 271 g/mol. The predicted octanol–water partition coefficient (Wildman–Crippen LogP) is 2.04. The number of rotatable bonds is 8. The fraction of sp³-hybridized carbons (Fsp3) is 0.929. The summed E-state index contributed by atoms with van der Waals surface area (Å²) in [6, 6.07) is 0. The van der Waals surface area contributed by atoms with Crippen molar-refractivity contribution in [2.45, 2.75) is 52.1 Å². The van der Waals surface area contributed by atoms with Gasteiger partial charge in [-0.1, -0.05) is 25.4 Å². The van der Waals surface area contributed by atoms with Gasteiger partial charge in [0, 0.05) is 18.6 Å². The van der Waals surface area contributed by atoms with Gasteiger partial charge in [0.1, 0.15) is 5.84 Å². The first-order valence-electron chi connectivity index (χ1n) is 7.24. The van der Waals surface area contributed by atoms with Crippen molar-refractivity contribution >= 4 is 5.84 Å². The highest BCUT2D eigenvalue weighted by Crippen LogP contribution is 2.23. The van der Waals surface area contributed by atoms with E-state index in [2.05, 4.69) is 17.1 Å². The Kier molecular flexibility index (Phi) is 6.58.